The Morgan fingerprint density at radius 3 is 2.39 bits per heavy atom. The van der Waals surface area contributed by atoms with E-state index in [-0.39, 0.29) is 0 Å². The van der Waals surface area contributed by atoms with Crippen LogP contribution in [0.2, 0.25) is 0 Å². The Hall–Kier alpha value is -1.56. The average molecular weight is 297 g/mol. The average Bonchev–Trinajstić information content (AvgIpc) is 2.47. The topological polar surface area (TPSA) is 0 Å². The van der Waals surface area contributed by atoms with Gasteiger partial charge in [-0.05, 0) is 0 Å². The molecule has 1 heteroatoms. The molecule has 0 amide bonds. The molecule has 0 N–H and O–H groups in total. The van der Waals surface area contributed by atoms with Crippen LogP contribution in [-0.4, -0.2) is 15.0 Å². The molecule has 2 aromatic carbocycles. The van der Waals surface area contributed by atoms with E-state index in [2.05, 4.69) is 73.7 Å². The maximum atomic E-state index is 2.34. The van der Waals surface area contributed by atoms with Gasteiger partial charge in [-0.1, -0.05) is 0 Å². The number of hydrogen-bond acceptors (Lipinski definition) is 0. The molecule has 0 atom stereocenters. The van der Waals surface area contributed by atoms with Crippen molar-refractivity contribution in [3.05, 3.63) is 77.9 Å². The van der Waals surface area contributed by atoms with Gasteiger partial charge in [-0.15, -0.1) is 0 Å². The van der Waals surface area contributed by atoms with Gasteiger partial charge in [0.25, 0.3) is 0 Å². The second-order valence-corrected chi connectivity index (χ2v) is 6.49. The quantitative estimate of drug-likeness (QED) is 0.707. The van der Waals surface area contributed by atoms with Crippen molar-refractivity contribution in [1.29, 1.82) is 0 Å². The second kappa shape index (κ2) is 4.97. The molecule has 1 aliphatic rings. The van der Waals surface area contributed by atoms with Crippen LogP contribution in [-0.2, 0) is 0 Å². The van der Waals surface area contributed by atoms with E-state index in [4.69, 9.17) is 0 Å². The maximum absolute atomic E-state index is 2.34. The molecule has 0 bridgehead atoms. The van der Waals surface area contributed by atoms with Crippen LogP contribution in [0.5, 0.6) is 0 Å². The van der Waals surface area contributed by atoms with Crippen LogP contribution >= 0.6 is 0 Å². The summed E-state index contributed by atoms with van der Waals surface area (Å²) >= 11 is 0.407. The normalized spacial score (nSPS) is 16.3. The van der Waals surface area contributed by atoms with E-state index < -0.39 is 0 Å². The van der Waals surface area contributed by atoms with Gasteiger partial charge in [0.05, 0.1) is 0 Å². The summed E-state index contributed by atoms with van der Waals surface area (Å²) in [6.45, 7) is 2.11. The minimum absolute atomic E-state index is 0.407. The Morgan fingerprint density at radius 1 is 0.889 bits per heavy atom. The number of fused-ring (bicyclic) bond motifs is 1. The Bertz CT molecular complexity index is 621. The van der Waals surface area contributed by atoms with Crippen molar-refractivity contribution in [2.24, 2.45) is 0 Å². The van der Waals surface area contributed by atoms with Crippen molar-refractivity contribution < 1.29 is 0 Å². The molecule has 2 aromatic rings. The van der Waals surface area contributed by atoms with Gasteiger partial charge in [-0.2, -0.15) is 0 Å². The van der Waals surface area contributed by atoms with Gasteiger partial charge in [0.15, 0.2) is 0 Å². The molecule has 0 unspecified atom stereocenters. The number of rotatable bonds is 1. The Labute approximate surface area is 114 Å². The third-order valence-corrected chi connectivity index (χ3v) is 5.49. The molecule has 0 spiro atoms. The number of hydrogen-bond donors (Lipinski definition) is 0. The first-order chi connectivity index (χ1) is 8.88. The van der Waals surface area contributed by atoms with Crippen molar-refractivity contribution in [2.75, 3.05) is 0 Å². The van der Waals surface area contributed by atoms with Gasteiger partial charge >= 0.3 is 114 Å². The Balaban J connectivity index is 2.09. The molecule has 0 fully saturated rings. The van der Waals surface area contributed by atoms with E-state index in [1.54, 1.807) is 0 Å². The van der Waals surface area contributed by atoms with Gasteiger partial charge in [0.1, 0.15) is 0 Å². The monoisotopic (exact) mass is 298 g/mol. The Morgan fingerprint density at radius 2 is 1.61 bits per heavy atom. The summed E-state index contributed by atoms with van der Waals surface area (Å²) in [6, 6.07) is 19.5. The summed E-state index contributed by atoms with van der Waals surface area (Å²) in [7, 11) is 0. The second-order valence-electron chi connectivity index (χ2n) is 4.22. The van der Waals surface area contributed by atoms with E-state index in [9.17, 15) is 0 Å². The number of benzene rings is 2. The van der Waals surface area contributed by atoms with Gasteiger partial charge in [0, 0.05) is 0 Å². The SMILES string of the molecule is C/C=C1\C=C(c2ccccc2)[Se]c2ccccc21. The van der Waals surface area contributed by atoms with Crippen molar-refractivity contribution in [1.82, 2.24) is 0 Å². The van der Waals surface area contributed by atoms with Crippen LogP contribution in [0.15, 0.2) is 66.7 Å². The Kier molecular flexibility index (Phi) is 3.18. The van der Waals surface area contributed by atoms with E-state index in [0.29, 0.717) is 15.0 Å². The van der Waals surface area contributed by atoms with Crippen LogP contribution in [0.25, 0.3) is 10.0 Å². The van der Waals surface area contributed by atoms with Gasteiger partial charge in [-0.25, -0.2) is 0 Å². The molecule has 3 rings (SSSR count). The first-order valence-corrected chi connectivity index (χ1v) is 7.80. The standard InChI is InChI=1S/C17H14Se/c1-2-13-12-17(14-8-4-3-5-9-14)18-16-11-7-6-10-15(13)16/h2-12H,1H3/b13-2+. The van der Waals surface area contributed by atoms with Crippen LogP contribution in [0, 0.1) is 0 Å². The van der Waals surface area contributed by atoms with Crippen LogP contribution in [0.4, 0.5) is 0 Å². The first kappa shape index (κ1) is 11.5. The minimum atomic E-state index is 0.407. The fraction of sp³-hybridized carbons (Fsp3) is 0.0588. The van der Waals surface area contributed by atoms with Gasteiger partial charge < -0.3 is 0 Å². The summed E-state index contributed by atoms with van der Waals surface area (Å²) in [4.78, 5) is 0. The van der Waals surface area contributed by atoms with Crippen LogP contribution in [0.1, 0.15) is 18.1 Å². The van der Waals surface area contributed by atoms with E-state index in [1.165, 1.54) is 25.6 Å². The third kappa shape index (κ3) is 2.08. The number of allylic oxidation sites excluding steroid dienone is 3. The molecule has 18 heavy (non-hydrogen) atoms. The fourth-order valence-electron chi connectivity index (χ4n) is 2.14. The summed E-state index contributed by atoms with van der Waals surface area (Å²) in [6.07, 6.45) is 4.55. The summed E-state index contributed by atoms with van der Waals surface area (Å²) in [5.74, 6) is 0. The van der Waals surface area contributed by atoms with Crippen molar-refractivity contribution in [3.63, 3.8) is 0 Å². The summed E-state index contributed by atoms with van der Waals surface area (Å²) < 4.78 is 2.95. The van der Waals surface area contributed by atoms with Gasteiger partial charge in [0.2, 0.25) is 0 Å². The predicted molar refractivity (Wildman–Crippen MR) is 79.9 cm³/mol. The molecule has 0 aromatic heterocycles. The van der Waals surface area contributed by atoms with Crippen LogP contribution < -0.4 is 4.46 Å². The zero-order chi connectivity index (χ0) is 12.4. The molecule has 0 saturated heterocycles. The van der Waals surface area contributed by atoms with Crippen molar-refractivity contribution in [3.8, 4) is 0 Å². The summed E-state index contributed by atoms with van der Waals surface area (Å²) in [5, 5.41) is 0. The van der Waals surface area contributed by atoms with Gasteiger partial charge in [-0.3, -0.25) is 0 Å². The van der Waals surface area contributed by atoms with Crippen molar-refractivity contribution >= 4 is 29.5 Å². The molecule has 1 heterocycles. The summed E-state index contributed by atoms with van der Waals surface area (Å²) in [5.41, 5.74) is 4.10. The zero-order valence-corrected chi connectivity index (χ0v) is 12.0. The fourth-order valence-corrected chi connectivity index (χ4v) is 4.49. The molecule has 0 nitrogen and oxygen atoms in total. The van der Waals surface area contributed by atoms with E-state index in [1.807, 2.05) is 0 Å². The zero-order valence-electron chi connectivity index (χ0n) is 10.3. The first-order valence-electron chi connectivity index (χ1n) is 6.09. The molecule has 88 valence electrons. The molecular formula is C17H14Se. The predicted octanol–water partition coefficient (Wildman–Crippen LogP) is 3.47. The van der Waals surface area contributed by atoms with Crippen LogP contribution in [0.3, 0.4) is 0 Å². The molecule has 0 aliphatic carbocycles. The van der Waals surface area contributed by atoms with E-state index in [0.717, 1.165) is 0 Å². The van der Waals surface area contributed by atoms with E-state index >= 15 is 0 Å². The third-order valence-electron chi connectivity index (χ3n) is 3.07. The van der Waals surface area contributed by atoms with Crippen molar-refractivity contribution in [2.45, 2.75) is 6.92 Å². The molecular weight excluding hydrogens is 283 g/mol. The molecule has 0 saturated carbocycles. The molecule has 1 aliphatic heterocycles. The molecule has 0 radical (unpaired) electrons.